The lowest BCUT2D eigenvalue weighted by molar-refractivity contribution is -0.370. The first-order valence-corrected chi connectivity index (χ1v) is 17.9. The molecular formula is C46H28F8N2O2. The van der Waals surface area contributed by atoms with E-state index in [1.807, 2.05) is 107 Å². The molecule has 12 heteroatoms. The largest absolute Gasteiger partial charge is 0.388 e. The van der Waals surface area contributed by atoms with Gasteiger partial charge < -0.3 is 9.80 Å². The van der Waals surface area contributed by atoms with E-state index in [0.29, 0.717) is 33.9 Å². The molecule has 2 aliphatic heterocycles. The standard InChI is InChI=1S/C46H28F8N2O2/c47-43(48)39-22-20-31(26-41(39)45(51,52)57-43)29-10-7-16-35(24-29)55(33-12-3-1-4-13-33)37-18-9-19-38(28-37)56(34-14-5-2-6-15-34)36-17-8-11-30(25-36)32-21-23-40-42(27-32)46(53,54)58-44(40,49)50/h1-28H. The monoisotopic (exact) mass is 792 g/mol. The SMILES string of the molecule is FC1(F)OC(F)(F)c2cc(-c3cccc(N(c4ccccc4)c4cccc(N(c5ccccc5)c5cccc(-c6ccc7c(c6)C(F)(F)OC7(F)F)c5)c4)c3)ccc21. The molecule has 0 unspecified atom stereocenters. The van der Waals surface area contributed by atoms with Crippen molar-refractivity contribution < 1.29 is 44.6 Å². The fourth-order valence-corrected chi connectivity index (χ4v) is 7.45. The van der Waals surface area contributed by atoms with Gasteiger partial charge in [-0.05, 0) is 113 Å². The Hall–Kier alpha value is -6.50. The summed E-state index contributed by atoms with van der Waals surface area (Å²) in [6.45, 7) is 0. The van der Waals surface area contributed by atoms with Crippen molar-refractivity contribution in [3.63, 3.8) is 0 Å². The van der Waals surface area contributed by atoms with Crippen LogP contribution < -0.4 is 9.80 Å². The molecule has 2 aliphatic rings. The van der Waals surface area contributed by atoms with E-state index in [0.717, 1.165) is 35.6 Å². The van der Waals surface area contributed by atoms with E-state index in [1.165, 1.54) is 12.1 Å². The predicted molar refractivity (Wildman–Crippen MR) is 204 cm³/mol. The summed E-state index contributed by atoms with van der Waals surface area (Å²) in [5.74, 6) is 0. The molecule has 2 heterocycles. The molecule has 0 fully saturated rings. The van der Waals surface area contributed by atoms with Crippen LogP contribution in [0.4, 0.5) is 69.2 Å². The first-order chi connectivity index (χ1) is 27.7. The van der Waals surface area contributed by atoms with Gasteiger partial charge in [-0.25, -0.2) is 9.47 Å². The van der Waals surface area contributed by atoms with Crippen LogP contribution in [0, 0.1) is 0 Å². The van der Waals surface area contributed by atoms with Crippen molar-refractivity contribution >= 4 is 34.1 Å². The number of anilines is 6. The average molecular weight is 793 g/mol. The van der Waals surface area contributed by atoms with Crippen LogP contribution in [0.2, 0.25) is 0 Å². The van der Waals surface area contributed by atoms with E-state index in [2.05, 4.69) is 9.47 Å². The first-order valence-electron chi connectivity index (χ1n) is 17.9. The Labute approximate surface area is 326 Å². The molecule has 7 aromatic rings. The maximum absolute atomic E-state index is 14.6. The van der Waals surface area contributed by atoms with E-state index < -0.39 is 46.7 Å². The van der Waals surface area contributed by atoms with Gasteiger partial charge in [-0.15, -0.1) is 0 Å². The van der Waals surface area contributed by atoms with Crippen LogP contribution in [-0.2, 0) is 33.9 Å². The number of hydrogen-bond acceptors (Lipinski definition) is 4. The van der Waals surface area contributed by atoms with Gasteiger partial charge in [0.15, 0.2) is 0 Å². The lowest BCUT2D eigenvalue weighted by Crippen LogP contribution is -2.17. The van der Waals surface area contributed by atoms with Crippen molar-refractivity contribution in [3.8, 4) is 22.3 Å². The van der Waals surface area contributed by atoms with Gasteiger partial charge in [0.2, 0.25) is 0 Å². The topological polar surface area (TPSA) is 24.9 Å². The second-order valence-corrected chi connectivity index (χ2v) is 13.8. The van der Waals surface area contributed by atoms with Crippen molar-refractivity contribution in [2.45, 2.75) is 24.4 Å². The quantitative estimate of drug-likeness (QED) is 0.143. The number of ether oxygens (including phenoxy) is 2. The Morgan fingerprint density at radius 1 is 0.276 bits per heavy atom. The van der Waals surface area contributed by atoms with E-state index in [1.54, 1.807) is 36.4 Å². The molecule has 4 nitrogen and oxygen atoms in total. The number of para-hydroxylation sites is 2. The van der Waals surface area contributed by atoms with Gasteiger partial charge in [-0.3, -0.25) is 0 Å². The predicted octanol–water partition coefficient (Wildman–Crippen LogP) is 14.2. The molecule has 0 bridgehead atoms. The molecule has 0 spiro atoms. The zero-order valence-electron chi connectivity index (χ0n) is 29.9. The highest BCUT2D eigenvalue weighted by molar-refractivity contribution is 5.85. The van der Waals surface area contributed by atoms with Gasteiger partial charge in [0.1, 0.15) is 0 Å². The molecule has 0 aromatic heterocycles. The molecule has 0 atom stereocenters. The molecule has 0 saturated carbocycles. The normalized spacial score (nSPS) is 16.7. The molecule has 7 aromatic carbocycles. The van der Waals surface area contributed by atoms with Crippen LogP contribution in [0.3, 0.4) is 0 Å². The second-order valence-electron chi connectivity index (χ2n) is 13.8. The number of rotatable bonds is 8. The van der Waals surface area contributed by atoms with Crippen LogP contribution in [-0.4, -0.2) is 0 Å². The molecule has 0 saturated heterocycles. The molecule has 58 heavy (non-hydrogen) atoms. The molecule has 0 amide bonds. The summed E-state index contributed by atoms with van der Waals surface area (Å²) >= 11 is 0. The van der Waals surface area contributed by atoms with Crippen LogP contribution in [0.5, 0.6) is 0 Å². The fourth-order valence-electron chi connectivity index (χ4n) is 7.45. The number of fused-ring (bicyclic) bond motifs is 2. The van der Waals surface area contributed by atoms with Crippen molar-refractivity contribution in [2.75, 3.05) is 9.80 Å². The highest BCUT2D eigenvalue weighted by Crippen LogP contribution is 2.53. The number of hydrogen-bond donors (Lipinski definition) is 0. The van der Waals surface area contributed by atoms with Crippen molar-refractivity contribution in [1.82, 2.24) is 0 Å². The summed E-state index contributed by atoms with van der Waals surface area (Å²) in [5, 5.41) is 0. The summed E-state index contributed by atoms with van der Waals surface area (Å²) < 4.78 is 123. The third kappa shape index (κ3) is 6.53. The second kappa shape index (κ2) is 13.6. The average Bonchev–Trinajstić information content (AvgIpc) is 3.53. The zero-order valence-corrected chi connectivity index (χ0v) is 29.9. The Morgan fingerprint density at radius 2 is 0.586 bits per heavy atom. The van der Waals surface area contributed by atoms with Gasteiger partial charge in [-0.1, -0.05) is 78.9 Å². The van der Waals surface area contributed by atoms with E-state index >= 15 is 0 Å². The summed E-state index contributed by atoms with van der Waals surface area (Å²) in [4.78, 5) is 3.91. The fraction of sp³-hybridized carbons (Fsp3) is 0.0870. The smallest absolute Gasteiger partial charge is 0.310 e. The summed E-state index contributed by atoms with van der Waals surface area (Å²) in [5.41, 5.74) is 2.12. The lowest BCUT2D eigenvalue weighted by Gasteiger charge is -2.30. The molecular weight excluding hydrogens is 765 g/mol. The molecule has 9 rings (SSSR count). The van der Waals surface area contributed by atoms with E-state index in [-0.39, 0.29) is 11.1 Å². The van der Waals surface area contributed by atoms with Gasteiger partial charge in [0.25, 0.3) is 0 Å². The Kier molecular flexibility index (Phi) is 8.68. The zero-order chi connectivity index (χ0) is 40.5. The number of halogens is 8. The van der Waals surface area contributed by atoms with Crippen molar-refractivity contribution in [3.05, 3.63) is 192 Å². The molecule has 0 radical (unpaired) electrons. The molecule has 0 N–H and O–H groups in total. The van der Waals surface area contributed by atoms with Crippen LogP contribution >= 0.6 is 0 Å². The third-order valence-corrected chi connectivity index (χ3v) is 10.1. The van der Waals surface area contributed by atoms with Crippen molar-refractivity contribution in [1.29, 1.82) is 0 Å². The minimum atomic E-state index is -4.17. The van der Waals surface area contributed by atoms with Crippen LogP contribution in [0.1, 0.15) is 22.3 Å². The summed E-state index contributed by atoms with van der Waals surface area (Å²) in [7, 11) is 0. The highest BCUT2D eigenvalue weighted by atomic mass is 19.3. The minimum Gasteiger partial charge on any atom is -0.310 e. The van der Waals surface area contributed by atoms with Gasteiger partial charge >= 0.3 is 24.4 Å². The third-order valence-electron chi connectivity index (χ3n) is 10.1. The summed E-state index contributed by atoms with van der Waals surface area (Å²) in [6.07, 6.45) is -16.6. The lowest BCUT2D eigenvalue weighted by atomic mass is 9.98. The Balaban J connectivity index is 1.13. The van der Waals surface area contributed by atoms with Gasteiger partial charge in [0, 0.05) is 34.1 Å². The van der Waals surface area contributed by atoms with Gasteiger partial charge in [-0.2, -0.15) is 35.1 Å². The van der Waals surface area contributed by atoms with Crippen molar-refractivity contribution in [2.24, 2.45) is 0 Å². The van der Waals surface area contributed by atoms with Crippen LogP contribution in [0.25, 0.3) is 22.3 Å². The Morgan fingerprint density at radius 3 is 0.983 bits per heavy atom. The first kappa shape index (κ1) is 37.1. The van der Waals surface area contributed by atoms with E-state index in [9.17, 15) is 35.1 Å². The summed E-state index contributed by atoms with van der Waals surface area (Å²) in [6, 6.07) is 47.1. The molecule has 290 valence electrons. The number of alkyl halides is 8. The van der Waals surface area contributed by atoms with Crippen LogP contribution in [0.15, 0.2) is 170 Å². The minimum absolute atomic E-state index is 0.284. The maximum atomic E-state index is 14.6. The number of benzene rings is 7. The molecule has 0 aliphatic carbocycles. The maximum Gasteiger partial charge on any atom is 0.388 e. The Bertz CT molecular complexity index is 2490. The van der Waals surface area contributed by atoms with E-state index in [4.69, 9.17) is 0 Å². The van der Waals surface area contributed by atoms with Gasteiger partial charge in [0.05, 0.1) is 22.3 Å². The highest BCUT2D eigenvalue weighted by Gasteiger charge is 2.58. The number of nitrogens with zero attached hydrogens (tertiary/aromatic N) is 2.